The Bertz CT molecular complexity index is 331. The number of hydrogen-bond acceptors (Lipinski definition) is 4. The van der Waals surface area contributed by atoms with Crippen molar-refractivity contribution in [3.05, 3.63) is 0 Å². The number of nitrogens with zero attached hydrogens (tertiary/aromatic N) is 3. The van der Waals surface area contributed by atoms with Crippen molar-refractivity contribution in [1.82, 2.24) is 14.7 Å². The van der Waals surface area contributed by atoms with Crippen LogP contribution in [0.1, 0.15) is 33.1 Å². The predicted octanol–water partition coefficient (Wildman–Crippen LogP) is 1.04. The molecule has 0 aromatic carbocycles. The molecular formula is C16H31N3O2. The topological polar surface area (TPSA) is 36.0 Å². The average molecular weight is 297 g/mol. The minimum Gasteiger partial charge on any atom is -0.383 e. The van der Waals surface area contributed by atoms with E-state index in [1.165, 1.54) is 12.8 Å². The molecule has 2 saturated heterocycles. The first-order chi connectivity index (χ1) is 10.2. The Balaban J connectivity index is 1.88. The summed E-state index contributed by atoms with van der Waals surface area (Å²) in [6.07, 6.45) is 3.46. The van der Waals surface area contributed by atoms with E-state index < -0.39 is 0 Å². The molecule has 2 aliphatic heterocycles. The van der Waals surface area contributed by atoms with Crippen LogP contribution in [-0.2, 0) is 9.53 Å². The van der Waals surface area contributed by atoms with Gasteiger partial charge in [-0.2, -0.15) is 0 Å². The highest BCUT2D eigenvalue weighted by Crippen LogP contribution is 2.18. The number of piperazine rings is 1. The van der Waals surface area contributed by atoms with Crippen molar-refractivity contribution >= 4 is 5.91 Å². The number of hydrogen-bond donors (Lipinski definition) is 0. The van der Waals surface area contributed by atoms with Crippen LogP contribution in [0, 0.1) is 0 Å². The standard InChI is InChI=1S/C16H31N3O2/c1-4-15-13-19(10-9-17(15)11-12-21-3)14(2)16(20)18-7-5-6-8-18/h14-15H,4-13H2,1-3H3/t14-,15-/m0/s1. The zero-order valence-corrected chi connectivity index (χ0v) is 13.9. The van der Waals surface area contributed by atoms with Crippen molar-refractivity contribution in [3.63, 3.8) is 0 Å². The second kappa shape index (κ2) is 8.11. The van der Waals surface area contributed by atoms with Crippen LogP contribution in [0.2, 0.25) is 0 Å². The van der Waals surface area contributed by atoms with Crippen LogP contribution in [0.3, 0.4) is 0 Å². The summed E-state index contributed by atoms with van der Waals surface area (Å²) in [5.41, 5.74) is 0. The van der Waals surface area contributed by atoms with E-state index in [1.807, 2.05) is 4.90 Å². The van der Waals surface area contributed by atoms with Crippen LogP contribution in [0.4, 0.5) is 0 Å². The molecule has 0 spiro atoms. The Morgan fingerprint density at radius 3 is 2.57 bits per heavy atom. The van der Waals surface area contributed by atoms with Gasteiger partial charge >= 0.3 is 0 Å². The van der Waals surface area contributed by atoms with E-state index >= 15 is 0 Å². The van der Waals surface area contributed by atoms with Gasteiger partial charge in [0.25, 0.3) is 0 Å². The van der Waals surface area contributed by atoms with Gasteiger partial charge in [-0.25, -0.2) is 0 Å². The number of carbonyl (C=O) groups is 1. The van der Waals surface area contributed by atoms with Gasteiger partial charge in [-0.05, 0) is 26.2 Å². The van der Waals surface area contributed by atoms with Crippen LogP contribution in [-0.4, -0.2) is 85.7 Å². The molecule has 2 fully saturated rings. The fraction of sp³-hybridized carbons (Fsp3) is 0.938. The minimum absolute atomic E-state index is 0.0294. The summed E-state index contributed by atoms with van der Waals surface area (Å²) in [6.45, 7) is 11.0. The predicted molar refractivity (Wildman–Crippen MR) is 84.4 cm³/mol. The maximum absolute atomic E-state index is 12.5. The highest BCUT2D eigenvalue weighted by atomic mass is 16.5. The van der Waals surface area contributed by atoms with E-state index in [0.717, 1.165) is 52.3 Å². The van der Waals surface area contributed by atoms with Crippen molar-refractivity contribution in [2.75, 3.05) is 53.0 Å². The van der Waals surface area contributed by atoms with Crippen LogP contribution in [0.5, 0.6) is 0 Å². The molecule has 0 saturated carbocycles. The lowest BCUT2D eigenvalue weighted by atomic mass is 10.1. The van der Waals surface area contributed by atoms with E-state index in [0.29, 0.717) is 11.9 Å². The quantitative estimate of drug-likeness (QED) is 0.734. The Hall–Kier alpha value is -0.650. The number of carbonyl (C=O) groups excluding carboxylic acids is 1. The molecule has 0 N–H and O–H groups in total. The Kier molecular flexibility index (Phi) is 6.45. The third-order valence-corrected chi connectivity index (χ3v) is 5.01. The molecule has 0 bridgehead atoms. The van der Waals surface area contributed by atoms with Gasteiger partial charge in [0.05, 0.1) is 12.6 Å². The lowest BCUT2D eigenvalue weighted by Gasteiger charge is -2.43. The lowest BCUT2D eigenvalue weighted by molar-refractivity contribution is -0.136. The van der Waals surface area contributed by atoms with Crippen molar-refractivity contribution in [2.45, 2.75) is 45.2 Å². The van der Waals surface area contributed by atoms with E-state index in [2.05, 4.69) is 23.6 Å². The molecule has 2 rings (SSSR count). The summed E-state index contributed by atoms with van der Waals surface area (Å²) < 4.78 is 5.20. The Labute approximate surface area is 129 Å². The van der Waals surface area contributed by atoms with Gasteiger partial charge in [0.2, 0.25) is 5.91 Å². The molecular weight excluding hydrogens is 266 g/mol. The summed E-state index contributed by atoms with van der Waals surface area (Å²) in [7, 11) is 1.76. The van der Waals surface area contributed by atoms with E-state index in [9.17, 15) is 4.79 Å². The largest absolute Gasteiger partial charge is 0.383 e. The monoisotopic (exact) mass is 297 g/mol. The van der Waals surface area contributed by atoms with Gasteiger partial charge in [0.1, 0.15) is 0 Å². The van der Waals surface area contributed by atoms with Crippen molar-refractivity contribution in [3.8, 4) is 0 Å². The zero-order valence-electron chi connectivity index (χ0n) is 13.9. The van der Waals surface area contributed by atoms with Gasteiger partial charge in [-0.15, -0.1) is 0 Å². The third-order valence-electron chi connectivity index (χ3n) is 5.01. The van der Waals surface area contributed by atoms with Gasteiger partial charge in [-0.1, -0.05) is 6.92 Å². The number of ether oxygens (including phenoxy) is 1. The lowest BCUT2D eigenvalue weighted by Crippen LogP contribution is -2.58. The van der Waals surface area contributed by atoms with E-state index in [-0.39, 0.29) is 6.04 Å². The Morgan fingerprint density at radius 2 is 1.95 bits per heavy atom. The molecule has 21 heavy (non-hydrogen) atoms. The molecule has 5 heteroatoms. The molecule has 0 aliphatic carbocycles. The van der Waals surface area contributed by atoms with Gasteiger partial charge in [0, 0.05) is 52.4 Å². The van der Waals surface area contributed by atoms with Gasteiger partial charge in [-0.3, -0.25) is 14.6 Å². The number of rotatable bonds is 6. The molecule has 2 atom stereocenters. The smallest absolute Gasteiger partial charge is 0.239 e. The second-order valence-corrected chi connectivity index (χ2v) is 6.29. The summed E-state index contributed by atoms with van der Waals surface area (Å²) in [6, 6.07) is 0.574. The first-order valence-electron chi connectivity index (χ1n) is 8.43. The summed E-state index contributed by atoms with van der Waals surface area (Å²) >= 11 is 0. The van der Waals surface area contributed by atoms with Crippen molar-refractivity contribution < 1.29 is 9.53 Å². The molecule has 2 heterocycles. The fourth-order valence-electron chi connectivity index (χ4n) is 3.52. The third kappa shape index (κ3) is 4.18. The highest BCUT2D eigenvalue weighted by molar-refractivity contribution is 5.81. The second-order valence-electron chi connectivity index (χ2n) is 6.29. The first kappa shape index (κ1) is 16.7. The molecule has 5 nitrogen and oxygen atoms in total. The van der Waals surface area contributed by atoms with Crippen molar-refractivity contribution in [2.24, 2.45) is 0 Å². The minimum atomic E-state index is 0.0294. The maximum atomic E-state index is 12.5. The summed E-state index contributed by atoms with van der Waals surface area (Å²) in [5.74, 6) is 0.327. The molecule has 0 unspecified atom stereocenters. The first-order valence-corrected chi connectivity index (χ1v) is 8.43. The SMILES string of the molecule is CC[C@H]1CN([C@@H](C)C(=O)N2CCCC2)CCN1CCOC. The van der Waals surface area contributed by atoms with E-state index in [1.54, 1.807) is 7.11 Å². The molecule has 2 aliphatic rings. The number of likely N-dealkylation sites (tertiary alicyclic amines) is 1. The van der Waals surface area contributed by atoms with Crippen LogP contribution in [0.25, 0.3) is 0 Å². The Morgan fingerprint density at radius 1 is 1.24 bits per heavy atom. The average Bonchev–Trinajstić information content (AvgIpc) is 3.05. The maximum Gasteiger partial charge on any atom is 0.239 e. The van der Waals surface area contributed by atoms with Crippen LogP contribution in [0.15, 0.2) is 0 Å². The normalized spacial score (nSPS) is 26.2. The number of methoxy groups -OCH3 is 1. The summed E-state index contributed by atoms with van der Waals surface area (Å²) in [4.78, 5) is 19.5. The molecule has 0 aromatic rings. The fourth-order valence-corrected chi connectivity index (χ4v) is 3.52. The van der Waals surface area contributed by atoms with Crippen molar-refractivity contribution in [1.29, 1.82) is 0 Å². The summed E-state index contributed by atoms with van der Waals surface area (Å²) in [5, 5.41) is 0. The van der Waals surface area contributed by atoms with E-state index in [4.69, 9.17) is 4.74 Å². The zero-order chi connectivity index (χ0) is 15.2. The number of amides is 1. The van der Waals surface area contributed by atoms with Crippen LogP contribution < -0.4 is 0 Å². The molecule has 1 amide bonds. The molecule has 0 aromatic heterocycles. The van der Waals surface area contributed by atoms with Gasteiger partial charge in [0.15, 0.2) is 0 Å². The molecule has 122 valence electrons. The highest BCUT2D eigenvalue weighted by Gasteiger charge is 2.33. The van der Waals surface area contributed by atoms with Crippen LogP contribution >= 0.6 is 0 Å². The molecule has 0 radical (unpaired) electrons. The van der Waals surface area contributed by atoms with Gasteiger partial charge < -0.3 is 9.64 Å².